The fraction of sp³-hybridized carbons (Fsp3) is 0.348. The Morgan fingerprint density at radius 2 is 0.785 bits per heavy atom. The summed E-state index contributed by atoms with van der Waals surface area (Å²) < 4.78 is 231. The Morgan fingerprint density at radius 3 is 1.18 bits per heavy atom. The average molecular weight is 948 g/mol. The van der Waals surface area contributed by atoms with Crippen LogP contribution in [0.5, 0.6) is 0 Å². The molecule has 9 rings (SSSR count). The van der Waals surface area contributed by atoms with Gasteiger partial charge in [0.05, 0.1) is 33.5 Å². The van der Waals surface area contributed by atoms with Crippen LogP contribution in [0, 0.1) is 0 Å². The number of fused-ring (bicyclic) bond motifs is 8. The van der Waals surface area contributed by atoms with Gasteiger partial charge in [-0.25, -0.2) is 0 Å². The highest BCUT2D eigenvalue weighted by atomic mass is 31.1. The Hall–Kier alpha value is -5.25. The van der Waals surface area contributed by atoms with Crippen molar-refractivity contribution in [3.63, 3.8) is 0 Å². The Labute approximate surface area is 360 Å². The molecule has 0 amide bonds. The molecule has 0 N–H and O–H groups in total. The third-order valence-electron chi connectivity index (χ3n) is 12.3. The maximum absolute atomic E-state index is 14.4. The van der Waals surface area contributed by atoms with Crippen molar-refractivity contribution in [3.05, 3.63) is 122 Å². The van der Waals surface area contributed by atoms with E-state index in [4.69, 9.17) is 8.39 Å². The van der Waals surface area contributed by atoms with E-state index in [1.54, 1.807) is 0 Å². The number of alkyl halides is 15. The second-order valence-electron chi connectivity index (χ2n) is 16.5. The van der Waals surface area contributed by atoms with Gasteiger partial charge in [-0.2, -0.15) is 65.9 Å². The number of halogens is 15. The molecule has 0 unspecified atom stereocenters. The van der Waals surface area contributed by atoms with Gasteiger partial charge in [0.15, 0.2) is 11.2 Å². The Kier molecular flexibility index (Phi) is 10.8. The number of anilines is 1. The van der Waals surface area contributed by atoms with Crippen LogP contribution in [0.15, 0.2) is 75.1 Å². The zero-order valence-electron chi connectivity index (χ0n) is 33.5. The number of hydrogen-bond donors (Lipinski definition) is 0. The summed E-state index contributed by atoms with van der Waals surface area (Å²) in [5.41, 5.74) is -7.47. The summed E-state index contributed by atoms with van der Waals surface area (Å²) in [6.07, 6.45) is -22.1. The first-order chi connectivity index (χ1) is 30.4. The molecule has 1 aliphatic heterocycles. The van der Waals surface area contributed by atoms with Crippen LogP contribution in [0.2, 0.25) is 0 Å². The van der Waals surface area contributed by atoms with Crippen molar-refractivity contribution < 1.29 is 74.2 Å². The van der Waals surface area contributed by atoms with Crippen LogP contribution in [0.3, 0.4) is 0 Å². The number of nitrogens with zero attached hydrogens (tertiary/aromatic N) is 1. The van der Waals surface area contributed by atoms with Crippen molar-refractivity contribution in [2.75, 3.05) is 11.2 Å². The van der Waals surface area contributed by atoms with Crippen LogP contribution in [-0.4, -0.2) is 6.54 Å². The van der Waals surface area contributed by atoms with Crippen LogP contribution in [0.4, 0.5) is 71.5 Å². The van der Waals surface area contributed by atoms with Crippen molar-refractivity contribution in [1.82, 2.24) is 0 Å². The first kappa shape index (κ1) is 44.9. The smallest absolute Gasteiger partial charge is 0.403 e. The highest BCUT2D eigenvalue weighted by Crippen LogP contribution is 2.53. The maximum Gasteiger partial charge on any atom is 0.416 e. The molecule has 3 aliphatic rings. The van der Waals surface area contributed by atoms with Gasteiger partial charge in [-0.1, -0.05) is 6.07 Å². The molecule has 0 bridgehead atoms. The highest BCUT2D eigenvalue weighted by Gasteiger charge is 2.40. The molecule has 0 saturated heterocycles. The molecule has 2 heterocycles. The van der Waals surface area contributed by atoms with E-state index in [-0.39, 0.29) is 96.0 Å². The fourth-order valence-electron chi connectivity index (χ4n) is 9.31. The van der Waals surface area contributed by atoms with E-state index in [2.05, 4.69) is 0 Å². The fourth-order valence-corrected chi connectivity index (χ4v) is 10.9. The third-order valence-corrected chi connectivity index (χ3v) is 13.8. The van der Waals surface area contributed by atoms with Gasteiger partial charge in [0.1, 0.15) is 0 Å². The second kappa shape index (κ2) is 15.7. The minimum Gasteiger partial charge on any atom is -0.403 e. The van der Waals surface area contributed by atoms with E-state index in [1.165, 1.54) is 22.9 Å². The van der Waals surface area contributed by atoms with E-state index in [1.807, 2.05) is 0 Å². The summed E-state index contributed by atoms with van der Waals surface area (Å²) in [5, 5.41) is 0.264. The van der Waals surface area contributed by atoms with Crippen LogP contribution in [-0.2, 0) is 63.0 Å². The lowest BCUT2D eigenvalue weighted by molar-refractivity contribution is -0.144. The van der Waals surface area contributed by atoms with Crippen molar-refractivity contribution in [2.45, 2.75) is 95.1 Å². The summed E-state index contributed by atoms with van der Waals surface area (Å²) in [6.45, 7) is -0.0746. The molecule has 344 valence electrons. The molecule has 65 heavy (non-hydrogen) atoms. The summed E-state index contributed by atoms with van der Waals surface area (Å²) in [7, 11) is -2.91. The Morgan fingerprint density at radius 1 is 0.400 bits per heavy atom. The lowest BCUT2D eigenvalue weighted by Crippen LogP contribution is -2.22. The second-order valence-corrected chi connectivity index (χ2v) is 17.8. The zero-order chi connectivity index (χ0) is 46.6. The molecule has 5 aromatic carbocycles. The molecular formula is C46H33F15NO2P. The van der Waals surface area contributed by atoms with E-state index in [0.29, 0.717) is 77.8 Å². The topological polar surface area (TPSA) is 29.5 Å². The first-order valence-electron chi connectivity index (χ1n) is 20.5. The van der Waals surface area contributed by atoms with Gasteiger partial charge >= 0.3 is 39.0 Å². The normalized spacial score (nSPS) is 16.1. The Bertz CT molecular complexity index is 2700. The van der Waals surface area contributed by atoms with Gasteiger partial charge < -0.3 is 8.39 Å². The van der Waals surface area contributed by atoms with Crippen LogP contribution >= 0.6 is 8.16 Å². The molecule has 0 spiro atoms. The largest absolute Gasteiger partial charge is 0.416 e. The number of rotatable bonds is 3. The lowest BCUT2D eigenvalue weighted by Gasteiger charge is -2.29. The van der Waals surface area contributed by atoms with E-state index < -0.39 is 78.0 Å². The van der Waals surface area contributed by atoms with Crippen LogP contribution < -0.4 is 4.67 Å². The van der Waals surface area contributed by atoms with Gasteiger partial charge in [-0.3, -0.25) is 4.67 Å². The average Bonchev–Trinajstić information content (AvgIpc) is 3.42. The van der Waals surface area contributed by atoms with Crippen LogP contribution in [0.25, 0.3) is 44.2 Å². The van der Waals surface area contributed by atoms with Crippen LogP contribution in [0.1, 0.15) is 87.7 Å². The number of aryl methyl sites for hydroxylation is 5. The third kappa shape index (κ3) is 8.44. The minimum atomic E-state index is -5.27. The number of hydrogen-bond acceptors (Lipinski definition) is 3. The molecular weight excluding hydrogens is 914 g/mol. The van der Waals surface area contributed by atoms with Crippen molar-refractivity contribution in [2.24, 2.45) is 0 Å². The molecule has 19 heteroatoms. The summed E-state index contributed by atoms with van der Waals surface area (Å²) in [5.74, 6) is 0. The maximum atomic E-state index is 14.4. The minimum absolute atomic E-state index is 0.0391. The lowest BCUT2D eigenvalue weighted by atomic mass is 9.81. The predicted octanol–water partition coefficient (Wildman–Crippen LogP) is 16.7. The van der Waals surface area contributed by atoms with Crippen molar-refractivity contribution in [1.29, 1.82) is 0 Å². The van der Waals surface area contributed by atoms with E-state index >= 15 is 0 Å². The van der Waals surface area contributed by atoms with Gasteiger partial charge in [0.2, 0.25) is 0 Å². The monoisotopic (exact) mass is 947 g/mol. The summed E-state index contributed by atoms with van der Waals surface area (Å²) in [4.78, 5) is 0. The molecule has 0 radical (unpaired) electrons. The molecule has 2 aliphatic carbocycles. The molecule has 0 atom stereocenters. The molecule has 0 fully saturated rings. The standard InChI is InChI=1S/C46H33F15NO2P/c47-42(48,49)28-12-11-23-8-5-13-62(37(23)22-28)65-63-40-35(26-14-29(43(50,51)52)20-30(15-26)44(53,54)55)18-24-6-1-3-9-33(24)38(40)39-34-10-4-2-7-25(34)19-36(41(39)64-65)27-16-31(45(56,57)58)21-32(17-27)46(59,60)61/h11-12,14-22H,1-10,13H2. The zero-order valence-corrected chi connectivity index (χ0v) is 34.4. The van der Waals surface area contributed by atoms with Gasteiger partial charge in [-0.15, -0.1) is 0 Å². The summed E-state index contributed by atoms with van der Waals surface area (Å²) >= 11 is 0. The van der Waals surface area contributed by atoms with Crippen molar-refractivity contribution in [3.8, 4) is 22.3 Å². The molecule has 6 aromatic rings. The van der Waals surface area contributed by atoms with Gasteiger partial charge in [0, 0.05) is 28.4 Å². The van der Waals surface area contributed by atoms with Crippen molar-refractivity contribution >= 4 is 35.8 Å². The molecule has 3 nitrogen and oxygen atoms in total. The quantitative estimate of drug-likeness (QED) is 0.166. The molecule has 0 saturated carbocycles. The Balaban J connectivity index is 1.51. The van der Waals surface area contributed by atoms with E-state index in [0.717, 1.165) is 12.1 Å². The summed E-state index contributed by atoms with van der Waals surface area (Å²) in [6, 6.07) is 7.81. The van der Waals surface area contributed by atoms with Gasteiger partial charge in [0.25, 0.3) is 0 Å². The number of benzene rings is 5. The first-order valence-corrected chi connectivity index (χ1v) is 21.6. The predicted molar refractivity (Wildman–Crippen MR) is 213 cm³/mol. The highest BCUT2D eigenvalue weighted by molar-refractivity contribution is 7.39. The van der Waals surface area contributed by atoms with Gasteiger partial charge in [-0.05, 0) is 164 Å². The van der Waals surface area contributed by atoms with E-state index in [9.17, 15) is 65.9 Å². The SMILES string of the molecule is FC(F)(F)c1cc(-c2cc3c(c4c2op(N2CCCc5ccc(C(F)(F)F)cc52)oc2c(-c5cc(C(F)(F)F)cc(C(F)(F)F)c5)cc5c(c24)CCCC5)CCCC3)cc(C(F)(F)F)c1. The molecule has 1 aromatic heterocycles.